The summed E-state index contributed by atoms with van der Waals surface area (Å²) < 4.78 is 7.80. The Labute approximate surface area is 162 Å². The molecule has 0 amide bonds. The zero-order valence-corrected chi connectivity index (χ0v) is 15.1. The van der Waals surface area contributed by atoms with Gasteiger partial charge in [-0.3, -0.25) is 0 Å². The van der Waals surface area contributed by atoms with Crippen molar-refractivity contribution in [3.63, 3.8) is 0 Å². The normalized spacial score (nSPS) is 11.0. The highest BCUT2D eigenvalue weighted by Gasteiger charge is 2.07. The summed E-state index contributed by atoms with van der Waals surface area (Å²) in [6, 6.07) is 26.0. The first-order valence-corrected chi connectivity index (χ1v) is 9.11. The van der Waals surface area contributed by atoms with E-state index < -0.39 is 0 Å². The number of fused-ring (bicyclic) bond motifs is 1. The predicted octanol–water partition coefficient (Wildman–Crippen LogP) is 4.99. The summed E-state index contributed by atoms with van der Waals surface area (Å²) in [5.74, 6) is 1.63. The van der Waals surface area contributed by atoms with Crippen LogP contribution in [0.2, 0.25) is 0 Å². The van der Waals surface area contributed by atoms with Gasteiger partial charge in [0, 0.05) is 17.4 Å². The quantitative estimate of drug-likeness (QED) is 0.476. The highest BCUT2D eigenvalue weighted by molar-refractivity contribution is 5.77. The molecule has 136 valence electrons. The van der Waals surface area contributed by atoms with Crippen molar-refractivity contribution in [3.05, 3.63) is 97.2 Å². The average Bonchev–Trinajstić information content (AvgIpc) is 3.40. The van der Waals surface area contributed by atoms with E-state index in [1.54, 1.807) is 0 Å². The van der Waals surface area contributed by atoms with Gasteiger partial charge in [0.2, 0.25) is 0 Å². The number of aromatic amines is 1. The lowest BCUT2D eigenvalue weighted by molar-refractivity contribution is 0.297. The van der Waals surface area contributed by atoms with Gasteiger partial charge in [-0.15, -0.1) is 0 Å². The Bertz CT molecular complexity index is 1210. The van der Waals surface area contributed by atoms with E-state index in [1.165, 1.54) is 0 Å². The van der Waals surface area contributed by atoms with Gasteiger partial charge in [0.25, 0.3) is 0 Å². The number of nitrogens with zero attached hydrogens (tertiary/aromatic N) is 3. The van der Waals surface area contributed by atoms with Crippen LogP contribution in [0.5, 0.6) is 5.75 Å². The molecule has 5 aromatic rings. The first-order chi connectivity index (χ1) is 13.8. The van der Waals surface area contributed by atoms with Crippen molar-refractivity contribution in [3.8, 4) is 22.7 Å². The van der Waals surface area contributed by atoms with Crippen LogP contribution in [-0.4, -0.2) is 19.5 Å². The van der Waals surface area contributed by atoms with Crippen LogP contribution in [0.15, 0.2) is 91.4 Å². The molecule has 0 saturated carbocycles. The van der Waals surface area contributed by atoms with Gasteiger partial charge in [-0.2, -0.15) is 0 Å². The zero-order chi connectivity index (χ0) is 18.8. The molecule has 28 heavy (non-hydrogen) atoms. The molecule has 0 fully saturated rings. The molecule has 0 unspecified atom stereocenters. The third kappa shape index (κ3) is 3.25. The van der Waals surface area contributed by atoms with Crippen molar-refractivity contribution in [2.45, 2.75) is 6.61 Å². The number of imidazole rings is 2. The van der Waals surface area contributed by atoms with Crippen LogP contribution in [0.1, 0.15) is 5.82 Å². The van der Waals surface area contributed by atoms with Crippen LogP contribution in [0.4, 0.5) is 0 Å². The first kappa shape index (κ1) is 16.3. The van der Waals surface area contributed by atoms with E-state index in [1.807, 2.05) is 77.8 Å². The number of benzene rings is 3. The molecule has 2 aromatic heterocycles. The van der Waals surface area contributed by atoms with Crippen LogP contribution in [0.3, 0.4) is 0 Å². The van der Waals surface area contributed by atoms with Gasteiger partial charge in [-0.25, -0.2) is 9.97 Å². The second kappa shape index (κ2) is 7.04. The smallest absolute Gasteiger partial charge is 0.146 e. The monoisotopic (exact) mass is 366 g/mol. The number of rotatable bonds is 5. The van der Waals surface area contributed by atoms with Crippen molar-refractivity contribution >= 4 is 11.0 Å². The van der Waals surface area contributed by atoms with Crippen molar-refractivity contribution in [1.29, 1.82) is 0 Å². The number of hydrogen-bond donors (Lipinski definition) is 1. The molecule has 0 aliphatic carbocycles. The standard InChI is InChI=1S/C23H18N4O/c1-3-7-17(8-4-1)22-14-27(16-24-22)18-11-12-20-21(13-18)26-23(25-20)15-28-19-9-5-2-6-10-19/h1-14,16H,15H2,(H,25,26). The van der Waals surface area contributed by atoms with E-state index in [-0.39, 0.29) is 0 Å². The van der Waals surface area contributed by atoms with E-state index in [2.05, 4.69) is 33.2 Å². The summed E-state index contributed by atoms with van der Waals surface area (Å²) in [6.45, 7) is 0.400. The summed E-state index contributed by atoms with van der Waals surface area (Å²) in [4.78, 5) is 12.5. The Hall–Kier alpha value is -3.86. The lowest BCUT2D eigenvalue weighted by Gasteiger charge is -2.02. The molecule has 0 radical (unpaired) electrons. The average molecular weight is 366 g/mol. The Kier molecular flexibility index (Phi) is 4.10. The number of para-hydroxylation sites is 1. The minimum absolute atomic E-state index is 0.400. The fourth-order valence-corrected chi connectivity index (χ4v) is 3.17. The molecule has 5 rings (SSSR count). The maximum Gasteiger partial charge on any atom is 0.146 e. The number of hydrogen-bond acceptors (Lipinski definition) is 3. The Morgan fingerprint density at radius 3 is 2.50 bits per heavy atom. The highest BCUT2D eigenvalue weighted by atomic mass is 16.5. The number of nitrogens with one attached hydrogen (secondary N) is 1. The molecule has 5 heteroatoms. The topological polar surface area (TPSA) is 55.7 Å². The molecular formula is C23H18N4O. The molecule has 0 spiro atoms. The van der Waals surface area contributed by atoms with Gasteiger partial charge in [-0.05, 0) is 30.3 Å². The van der Waals surface area contributed by atoms with Gasteiger partial charge in [0.1, 0.15) is 18.2 Å². The first-order valence-electron chi connectivity index (χ1n) is 9.11. The Balaban J connectivity index is 1.39. The zero-order valence-electron chi connectivity index (χ0n) is 15.1. The summed E-state index contributed by atoms with van der Waals surface area (Å²) in [5, 5.41) is 0. The van der Waals surface area contributed by atoms with Crippen molar-refractivity contribution in [1.82, 2.24) is 19.5 Å². The fourth-order valence-electron chi connectivity index (χ4n) is 3.17. The molecule has 2 heterocycles. The molecule has 0 aliphatic heterocycles. The van der Waals surface area contributed by atoms with E-state index in [0.29, 0.717) is 6.61 Å². The summed E-state index contributed by atoms with van der Waals surface area (Å²) in [6.07, 6.45) is 3.87. The molecule has 0 bridgehead atoms. The molecule has 5 nitrogen and oxygen atoms in total. The van der Waals surface area contributed by atoms with E-state index in [4.69, 9.17) is 4.74 Å². The predicted molar refractivity (Wildman–Crippen MR) is 109 cm³/mol. The van der Waals surface area contributed by atoms with E-state index >= 15 is 0 Å². The minimum atomic E-state index is 0.400. The van der Waals surface area contributed by atoms with Crippen LogP contribution in [0, 0.1) is 0 Å². The summed E-state index contributed by atoms with van der Waals surface area (Å²) in [5.41, 5.74) is 4.96. The lowest BCUT2D eigenvalue weighted by Crippen LogP contribution is -1.96. The number of H-pyrrole nitrogens is 1. The second-order valence-corrected chi connectivity index (χ2v) is 6.52. The van der Waals surface area contributed by atoms with Gasteiger partial charge in [0.15, 0.2) is 0 Å². The SMILES string of the molecule is c1ccc(OCc2nc3ccc(-n4cnc(-c5ccccc5)c4)cc3[nH]2)cc1. The molecule has 3 aromatic carbocycles. The minimum Gasteiger partial charge on any atom is -0.486 e. The van der Waals surface area contributed by atoms with Crippen LogP contribution >= 0.6 is 0 Å². The van der Waals surface area contributed by atoms with Gasteiger partial charge in [-0.1, -0.05) is 48.5 Å². The van der Waals surface area contributed by atoms with Crippen LogP contribution in [-0.2, 0) is 6.61 Å². The molecule has 0 atom stereocenters. The van der Waals surface area contributed by atoms with Crippen LogP contribution < -0.4 is 4.74 Å². The maximum absolute atomic E-state index is 5.78. The van der Waals surface area contributed by atoms with Crippen molar-refractivity contribution in [2.75, 3.05) is 0 Å². The maximum atomic E-state index is 5.78. The number of aromatic nitrogens is 4. The second-order valence-electron chi connectivity index (χ2n) is 6.52. The Morgan fingerprint density at radius 1 is 0.893 bits per heavy atom. The largest absolute Gasteiger partial charge is 0.486 e. The summed E-state index contributed by atoms with van der Waals surface area (Å²) >= 11 is 0. The van der Waals surface area contributed by atoms with Crippen LogP contribution in [0.25, 0.3) is 28.0 Å². The van der Waals surface area contributed by atoms with Gasteiger partial charge >= 0.3 is 0 Å². The fraction of sp³-hybridized carbons (Fsp3) is 0.0435. The highest BCUT2D eigenvalue weighted by Crippen LogP contribution is 2.21. The van der Waals surface area contributed by atoms with Gasteiger partial charge in [0.05, 0.1) is 23.1 Å². The summed E-state index contributed by atoms with van der Waals surface area (Å²) in [7, 11) is 0. The van der Waals surface area contributed by atoms with E-state index in [0.717, 1.165) is 39.6 Å². The third-order valence-electron chi connectivity index (χ3n) is 4.58. The molecule has 1 N–H and O–H groups in total. The number of ether oxygens (including phenoxy) is 1. The lowest BCUT2D eigenvalue weighted by atomic mass is 10.2. The molecular weight excluding hydrogens is 348 g/mol. The molecule has 0 aliphatic rings. The Morgan fingerprint density at radius 2 is 1.68 bits per heavy atom. The molecule has 0 saturated heterocycles. The van der Waals surface area contributed by atoms with Crippen molar-refractivity contribution in [2.24, 2.45) is 0 Å². The van der Waals surface area contributed by atoms with Crippen molar-refractivity contribution < 1.29 is 4.74 Å². The van der Waals surface area contributed by atoms with Gasteiger partial charge < -0.3 is 14.3 Å². The van der Waals surface area contributed by atoms with E-state index in [9.17, 15) is 0 Å². The third-order valence-corrected chi connectivity index (χ3v) is 4.58.